The predicted octanol–water partition coefficient (Wildman–Crippen LogP) is 6.59. The van der Waals surface area contributed by atoms with Crippen LogP contribution < -0.4 is 0 Å². The van der Waals surface area contributed by atoms with Gasteiger partial charge in [-0.15, -0.1) is 0 Å². The molecule has 1 rings (SSSR count). The van der Waals surface area contributed by atoms with Gasteiger partial charge in [0.2, 0.25) is 0 Å². The van der Waals surface area contributed by atoms with Crippen LogP contribution in [-0.2, 0) is 0 Å². The molecule has 0 amide bonds. The highest BCUT2D eigenvalue weighted by Crippen LogP contribution is 2.27. The second-order valence-electron chi connectivity index (χ2n) is 7.46. The van der Waals surface area contributed by atoms with Crippen molar-refractivity contribution in [2.75, 3.05) is 0 Å². The molecule has 0 spiro atoms. The standard InChI is InChI=1S/C25H35NO3/c1-2-3-4-5-6-7-8-9-10-11-12-15-21(18-14-19-26)24(27)22-16-13-17-23(20-22)25(28)29/h10-13,15-17,20-21,24,27H,2-9,14,18H2,1H3,(H,28,29)/b11-10-,15-12+/t21-,24-/m0/s1. The van der Waals surface area contributed by atoms with Crippen LogP contribution in [-0.4, -0.2) is 16.2 Å². The fourth-order valence-corrected chi connectivity index (χ4v) is 3.29. The third-order valence-electron chi connectivity index (χ3n) is 5.05. The number of nitrogens with zero attached hydrogens (tertiary/aromatic N) is 1. The molecule has 0 aliphatic carbocycles. The summed E-state index contributed by atoms with van der Waals surface area (Å²) in [6.45, 7) is 2.23. The van der Waals surface area contributed by atoms with Crippen molar-refractivity contribution in [3.63, 3.8) is 0 Å². The normalized spacial score (nSPS) is 13.6. The van der Waals surface area contributed by atoms with Gasteiger partial charge in [0.05, 0.1) is 17.7 Å². The van der Waals surface area contributed by atoms with Crippen LogP contribution in [0.1, 0.15) is 93.2 Å². The molecule has 0 saturated carbocycles. The number of carboxylic acid groups (broad SMARTS) is 1. The van der Waals surface area contributed by atoms with E-state index < -0.39 is 12.1 Å². The zero-order valence-corrected chi connectivity index (χ0v) is 17.6. The number of aliphatic hydroxyl groups excluding tert-OH is 1. The minimum Gasteiger partial charge on any atom is -0.478 e. The molecule has 1 aromatic carbocycles. The van der Waals surface area contributed by atoms with E-state index in [2.05, 4.69) is 19.1 Å². The molecule has 0 aliphatic heterocycles. The second kappa shape index (κ2) is 15.5. The molecule has 4 nitrogen and oxygen atoms in total. The molecule has 0 aliphatic rings. The van der Waals surface area contributed by atoms with Crippen molar-refractivity contribution in [1.82, 2.24) is 0 Å². The van der Waals surface area contributed by atoms with E-state index in [9.17, 15) is 9.90 Å². The van der Waals surface area contributed by atoms with Gasteiger partial charge in [-0.3, -0.25) is 0 Å². The van der Waals surface area contributed by atoms with Gasteiger partial charge in [0.15, 0.2) is 0 Å². The number of unbranched alkanes of at least 4 members (excludes halogenated alkanes) is 7. The molecule has 158 valence electrons. The molecule has 4 heteroatoms. The smallest absolute Gasteiger partial charge is 0.335 e. The van der Waals surface area contributed by atoms with E-state index in [1.54, 1.807) is 12.1 Å². The molecule has 1 aromatic rings. The second-order valence-corrected chi connectivity index (χ2v) is 7.46. The summed E-state index contributed by atoms with van der Waals surface area (Å²) in [7, 11) is 0. The maximum atomic E-state index is 11.2. The zero-order chi connectivity index (χ0) is 21.3. The van der Waals surface area contributed by atoms with Gasteiger partial charge >= 0.3 is 5.97 Å². The third kappa shape index (κ3) is 10.7. The first-order valence-corrected chi connectivity index (χ1v) is 10.8. The molecule has 2 atom stereocenters. The maximum absolute atomic E-state index is 11.2. The number of benzene rings is 1. The molecule has 2 N–H and O–H groups in total. The molecule has 0 fully saturated rings. The number of allylic oxidation sites excluding steroid dienone is 3. The van der Waals surface area contributed by atoms with E-state index in [0.717, 1.165) is 6.42 Å². The lowest BCUT2D eigenvalue weighted by atomic mass is 9.90. The number of aromatic carboxylic acids is 1. The SMILES string of the molecule is CCCCCCCCC/C=C\C=C\[C@@H](CCC#N)[C@H](O)c1cccc(C(=O)O)c1. The van der Waals surface area contributed by atoms with E-state index in [1.165, 1.54) is 57.1 Å². The lowest BCUT2D eigenvalue weighted by molar-refractivity contribution is 0.0696. The van der Waals surface area contributed by atoms with Gasteiger partial charge in [0.1, 0.15) is 0 Å². The number of hydrogen-bond donors (Lipinski definition) is 2. The molecule has 0 radical (unpaired) electrons. The quantitative estimate of drug-likeness (QED) is 0.258. The Morgan fingerprint density at radius 3 is 2.55 bits per heavy atom. The van der Waals surface area contributed by atoms with E-state index in [4.69, 9.17) is 10.4 Å². The summed E-state index contributed by atoms with van der Waals surface area (Å²) in [5.74, 6) is -1.25. The number of carboxylic acids is 1. The fourth-order valence-electron chi connectivity index (χ4n) is 3.29. The van der Waals surface area contributed by atoms with Gasteiger partial charge in [-0.1, -0.05) is 81.9 Å². The van der Waals surface area contributed by atoms with Crippen LogP contribution in [0.4, 0.5) is 0 Å². The highest BCUT2D eigenvalue weighted by atomic mass is 16.4. The van der Waals surface area contributed by atoms with Gasteiger partial charge in [0, 0.05) is 12.3 Å². The lowest BCUT2D eigenvalue weighted by Gasteiger charge is -2.19. The fraction of sp³-hybridized carbons (Fsp3) is 0.520. The molecule has 29 heavy (non-hydrogen) atoms. The molecular weight excluding hydrogens is 362 g/mol. The maximum Gasteiger partial charge on any atom is 0.335 e. The van der Waals surface area contributed by atoms with Crippen molar-refractivity contribution in [3.05, 3.63) is 59.7 Å². The van der Waals surface area contributed by atoms with Crippen LogP contribution in [0.25, 0.3) is 0 Å². The summed E-state index contributed by atoms with van der Waals surface area (Å²) in [6.07, 6.45) is 18.1. The molecule has 0 unspecified atom stereocenters. The first-order chi connectivity index (χ1) is 14.1. The van der Waals surface area contributed by atoms with Gasteiger partial charge in [-0.25, -0.2) is 4.79 Å². The van der Waals surface area contributed by atoms with Gasteiger partial charge in [0.25, 0.3) is 0 Å². The monoisotopic (exact) mass is 397 g/mol. The Hall–Kier alpha value is -2.38. The summed E-state index contributed by atoms with van der Waals surface area (Å²) in [5.41, 5.74) is 0.712. The largest absolute Gasteiger partial charge is 0.478 e. The number of rotatable bonds is 15. The van der Waals surface area contributed by atoms with Crippen molar-refractivity contribution < 1.29 is 15.0 Å². The Kier molecular flexibility index (Phi) is 13.2. The zero-order valence-electron chi connectivity index (χ0n) is 17.6. The third-order valence-corrected chi connectivity index (χ3v) is 5.05. The van der Waals surface area contributed by atoms with Crippen molar-refractivity contribution >= 4 is 5.97 Å². The van der Waals surface area contributed by atoms with E-state index in [-0.39, 0.29) is 11.5 Å². The van der Waals surface area contributed by atoms with E-state index >= 15 is 0 Å². The molecule has 0 aromatic heterocycles. The Balaban J connectivity index is 2.52. The van der Waals surface area contributed by atoms with Crippen molar-refractivity contribution in [1.29, 1.82) is 5.26 Å². The summed E-state index contributed by atoms with van der Waals surface area (Å²) < 4.78 is 0. The van der Waals surface area contributed by atoms with Crippen molar-refractivity contribution in [3.8, 4) is 6.07 Å². The molecule has 0 bridgehead atoms. The van der Waals surface area contributed by atoms with Gasteiger partial charge < -0.3 is 10.2 Å². The first kappa shape index (κ1) is 24.7. The minimum absolute atomic E-state index is 0.152. The average Bonchev–Trinajstić information content (AvgIpc) is 2.73. The van der Waals surface area contributed by atoms with Crippen LogP contribution in [0.5, 0.6) is 0 Å². The van der Waals surface area contributed by atoms with Crippen LogP contribution in [0, 0.1) is 17.2 Å². The van der Waals surface area contributed by atoms with E-state index in [0.29, 0.717) is 18.4 Å². The van der Waals surface area contributed by atoms with Gasteiger partial charge in [-0.2, -0.15) is 5.26 Å². The first-order valence-electron chi connectivity index (χ1n) is 10.8. The summed E-state index contributed by atoms with van der Waals surface area (Å²) in [6, 6.07) is 8.48. The van der Waals surface area contributed by atoms with E-state index in [1.807, 2.05) is 18.2 Å². The average molecular weight is 398 g/mol. The number of hydrogen-bond acceptors (Lipinski definition) is 3. The van der Waals surface area contributed by atoms with Crippen LogP contribution >= 0.6 is 0 Å². The Morgan fingerprint density at radius 1 is 1.14 bits per heavy atom. The topological polar surface area (TPSA) is 81.3 Å². The summed E-state index contributed by atoms with van der Waals surface area (Å²) in [5, 5.41) is 28.7. The van der Waals surface area contributed by atoms with Crippen LogP contribution in [0.3, 0.4) is 0 Å². The summed E-state index contributed by atoms with van der Waals surface area (Å²) in [4.78, 5) is 11.2. The highest BCUT2D eigenvalue weighted by molar-refractivity contribution is 5.87. The lowest BCUT2D eigenvalue weighted by Crippen LogP contribution is -2.11. The highest BCUT2D eigenvalue weighted by Gasteiger charge is 2.19. The number of carbonyl (C=O) groups is 1. The Labute approximate surface area is 175 Å². The molecule has 0 heterocycles. The molecular formula is C25H35NO3. The Morgan fingerprint density at radius 2 is 1.86 bits per heavy atom. The minimum atomic E-state index is -1.02. The Bertz CT molecular complexity index is 688. The van der Waals surface area contributed by atoms with Crippen LogP contribution in [0.2, 0.25) is 0 Å². The van der Waals surface area contributed by atoms with Gasteiger partial charge in [-0.05, 0) is 37.0 Å². The van der Waals surface area contributed by atoms with Crippen molar-refractivity contribution in [2.24, 2.45) is 5.92 Å². The number of nitriles is 1. The van der Waals surface area contributed by atoms with Crippen molar-refractivity contribution in [2.45, 2.75) is 77.2 Å². The molecule has 0 saturated heterocycles. The number of aliphatic hydroxyl groups is 1. The summed E-state index contributed by atoms with van der Waals surface area (Å²) >= 11 is 0. The predicted molar refractivity (Wildman–Crippen MR) is 118 cm³/mol. The van der Waals surface area contributed by atoms with Crippen LogP contribution in [0.15, 0.2) is 48.6 Å².